The number of benzene rings is 3. The molecule has 3 aromatic carbocycles. The topological polar surface area (TPSA) is 233 Å². The van der Waals surface area contributed by atoms with Crippen molar-refractivity contribution in [1.82, 2.24) is 29.5 Å². The zero-order valence-electron chi connectivity index (χ0n) is 51.7. The van der Waals surface area contributed by atoms with Crippen LogP contribution in [0.1, 0.15) is 130 Å². The summed E-state index contributed by atoms with van der Waals surface area (Å²) in [5.74, 6) is 1.72. The second-order valence-electron chi connectivity index (χ2n) is 26.6. The van der Waals surface area contributed by atoms with E-state index >= 15 is 0 Å². The minimum Gasteiger partial charge on any atom is -0.493 e. The van der Waals surface area contributed by atoms with Crippen LogP contribution in [0.3, 0.4) is 0 Å². The van der Waals surface area contributed by atoms with Crippen LogP contribution in [0.2, 0.25) is 0 Å². The molecule has 5 aliphatic heterocycles. The van der Waals surface area contributed by atoms with Gasteiger partial charge in [-0.1, -0.05) is 44.5 Å². The van der Waals surface area contributed by atoms with Crippen LogP contribution in [0.15, 0.2) is 96.2 Å². The summed E-state index contributed by atoms with van der Waals surface area (Å²) in [7, 11) is -2.92. The molecule has 2 aliphatic carbocycles. The predicted octanol–water partition coefficient (Wildman–Crippen LogP) is 10.1. The molecule has 3 aromatic heterocycles. The molecule has 2 saturated carbocycles. The molecule has 0 bridgehead atoms. The number of amides is 1. The van der Waals surface area contributed by atoms with E-state index in [0.717, 1.165) is 132 Å². The van der Waals surface area contributed by atoms with Gasteiger partial charge in [-0.25, -0.2) is 18.1 Å². The van der Waals surface area contributed by atoms with Crippen LogP contribution < -0.4 is 34.2 Å². The first-order valence-electron chi connectivity index (χ1n) is 32.2. The van der Waals surface area contributed by atoms with Gasteiger partial charge in [-0.05, 0) is 154 Å². The number of sulfonamides is 1. The average molecular weight is 1240 g/mol. The van der Waals surface area contributed by atoms with Crippen LogP contribution in [-0.4, -0.2) is 159 Å². The molecule has 22 heteroatoms. The predicted molar refractivity (Wildman–Crippen MR) is 342 cm³/mol. The maximum atomic E-state index is 15.0. The zero-order chi connectivity index (χ0) is 61.6. The number of methoxy groups -OCH3 is 1. The molecule has 89 heavy (non-hydrogen) atoms. The largest absolute Gasteiger partial charge is 0.493 e. The zero-order valence-corrected chi connectivity index (χ0v) is 52.5. The van der Waals surface area contributed by atoms with Crippen LogP contribution in [-0.2, 0) is 26.0 Å². The molecule has 4 saturated heterocycles. The summed E-state index contributed by atoms with van der Waals surface area (Å²) < 4.78 is 55.2. The number of pyridine rings is 2. The van der Waals surface area contributed by atoms with Crippen LogP contribution in [0.4, 0.5) is 34.3 Å². The van der Waals surface area contributed by atoms with Gasteiger partial charge in [-0.3, -0.25) is 24.7 Å². The number of aliphatic hydroxyl groups is 1. The first kappa shape index (κ1) is 60.8. The number of hydrogen-bond acceptors (Lipinski definition) is 18. The van der Waals surface area contributed by atoms with Crippen molar-refractivity contribution in [2.24, 2.45) is 11.3 Å². The number of nitrogens with zero attached hydrogens (tertiary/aromatic N) is 8. The molecule has 1 amide bonds. The van der Waals surface area contributed by atoms with Gasteiger partial charge in [0.2, 0.25) is 5.88 Å². The summed E-state index contributed by atoms with van der Waals surface area (Å²) in [6, 6.07) is 24.8. The Kier molecular flexibility index (Phi) is 17.3. The SMILES string of the molecule is COc1cc(CN2CCN([C@@H]3CCCC4(CCN(c5ccc(C(=O)NS(=O)(=O)c6ccc(NCC7CCC(C)(O)CC7)c([N+](=O)[O-])c6)c(N6c7cc8cc[nH]c8nc7O[C@H]7COCC[C@@H]76)c5)CC4)C3)[C@H](c3ccccc3C(C)C)C2)cnc1N1CCOCC1. The average Bonchev–Trinajstić information content (AvgIpc) is 1.65. The molecule has 13 rings (SSSR count). The summed E-state index contributed by atoms with van der Waals surface area (Å²) in [6.45, 7) is 15.8. The number of piperazine rings is 1. The molecule has 6 fully saturated rings. The van der Waals surface area contributed by atoms with Crippen LogP contribution in [0.5, 0.6) is 11.6 Å². The number of nitro benzene ring substituents is 1. The molecule has 4 N–H and O–H groups in total. The highest BCUT2D eigenvalue weighted by Crippen LogP contribution is 2.50. The third-order valence-corrected chi connectivity index (χ3v) is 21.8. The van der Waals surface area contributed by atoms with Gasteiger partial charge in [0.15, 0.2) is 11.6 Å². The lowest BCUT2D eigenvalue weighted by molar-refractivity contribution is -0.384. The van der Waals surface area contributed by atoms with E-state index in [1.54, 1.807) is 13.2 Å². The number of ether oxygens (including phenoxy) is 4. The van der Waals surface area contributed by atoms with Gasteiger partial charge < -0.3 is 49.1 Å². The Hall–Kier alpha value is -7.08. The van der Waals surface area contributed by atoms with Gasteiger partial charge in [-0.15, -0.1) is 0 Å². The summed E-state index contributed by atoms with van der Waals surface area (Å²) in [6.07, 6.45) is 13.3. The molecule has 8 heterocycles. The van der Waals surface area contributed by atoms with Gasteiger partial charge >= 0.3 is 0 Å². The Bertz CT molecular complexity index is 3670. The molecule has 6 aromatic rings. The van der Waals surface area contributed by atoms with Crippen molar-refractivity contribution >= 4 is 61.2 Å². The van der Waals surface area contributed by atoms with Gasteiger partial charge in [0.05, 0.1) is 59.6 Å². The van der Waals surface area contributed by atoms with Crippen molar-refractivity contribution in [3.05, 3.63) is 124 Å². The van der Waals surface area contributed by atoms with Crippen LogP contribution >= 0.6 is 0 Å². The molecule has 0 radical (unpaired) electrons. The molecule has 4 atom stereocenters. The Morgan fingerprint density at radius 3 is 2.49 bits per heavy atom. The highest BCUT2D eigenvalue weighted by atomic mass is 32.2. The second kappa shape index (κ2) is 25.3. The Morgan fingerprint density at radius 2 is 1.71 bits per heavy atom. The number of nitrogens with one attached hydrogen (secondary N) is 3. The molecular formula is C67H85N11O10S. The number of hydrogen-bond donors (Lipinski definition) is 4. The lowest BCUT2D eigenvalue weighted by Gasteiger charge is -2.53. The second-order valence-corrected chi connectivity index (χ2v) is 28.2. The van der Waals surface area contributed by atoms with E-state index in [1.807, 2.05) is 43.6 Å². The van der Waals surface area contributed by atoms with E-state index in [4.69, 9.17) is 28.9 Å². The number of carbonyl (C=O) groups excluding carboxylic acids is 1. The number of rotatable bonds is 16. The summed E-state index contributed by atoms with van der Waals surface area (Å²) >= 11 is 0. The van der Waals surface area contributed by atoms with Crippen molar-refractivity contribution in [3.63, 3.8) is 0 Å². The van der Waals surface area contributed by atoms with E-state index < -0.39 is 43.1 Å². The molecule has 474 valence electrons. The molecule has 1 spiro atoms. The Morgan fingerprint density at radius 1 is 0.899 bits per heavy atom. The van der Waals surface area contributed by atoms with Gasteiger partial charge in [0.1, 0.15) is 23.1 Å². The molecule has 7 aliphatic rings. The van der Waals surface area contributed by atoms with Gasteiger partial charge in [0.25, 0.3) is 21.6 Å². The minimum atomic E-state index is -4.66. The lowest BCUT2D eigenvalue weighted by Crippen LogP contribution is -2.55. The number of carbonyl (C=O) groups is 1. The van der Waals surface area contributed by atoms with E-state index in [9.17, 15) is 28.4 Å². The first-order chi connectivity index (χ1) is 43.0. The number of morpholine rings is 1. The third-order valence-electron chi connectivity index (χ3n) is 20.4. The maximum absolute atomic E-state index is 15.0. The fourth-order valence-electron chi connectivity index (χ4n) is 15.5. The summed E-state index contributed by atoms with van der Waals surface area (Å²) in [5, 5.41) is 27.0. The number of piperidine rings is 1. The van der Waals surface area contributed by atoms with E-state index in [1.165, 1.54) is 29.7 Å². The summed E-state index contributed by atoms with van der Waals surface area (Å²) in [4.78, 5) is 51.7. The minimum absolute atomic E-state index is 0.110. The van der Waals surface area contributed by atoms with E-state index in [2.05, 4.69) is 83.7 Å². The number of anilines is 5. The Labute approximate surface area is 521 Å². The van der Waals surface area contributed by atoms with Crippen LogP contribution in [0, 0.1) is 21.4 Å². The maximum Gasteiger partial charge on any atom is 0.293 e. The third kappa shape index (κ3) is 12.7. The van der Waals surface area contributed by atoms with Crippen LogP contribution in [0.25, 0.3) is 11.0 Å². The number of aromatic nitrogens is 3. The van der Waals surface area contributed by atoms with Crippen molar-refractivity contribution in [2.75, 3.05) is 106 Å². The highest BCUT2D eigenvalue weighted by molar-refractivity contribution is 7.90. The number of nitro groups is 1. The normalized spacial score (nSPS) is 25.1. The monoisotopic (exact) mass is 1240 g/mol. The fourth-order valence-corrected chi connectivity index (χ4v) is 16.4. The van der Waals surface area contributed by atoms with Gasteiger partial charge in [0, 0.05) is 107 Å². The standard InChI is InChI=1S/C67H85N11O10S/c1-44(2)51-9-5-6-10-52(51)59-42-73(41-46-34-60(85-4)63(70-40-46)75-29-32-86-33-30-75)27-28-76(59)49-8-7-19-67(38-49)22-25-74(26-23-67)48-11-13-53(56(36-48)77-55-18-31-87-43-61(55)88-65-58(77)35-47-17-24-68-62(47)71-65)64(79)72-89(83,84)50-12-14-54(57(37-50)78(81)82)69-39-45-15-20-66(3,80)21-16-45/h5-6,9-14,17,24,34-37,40,44-45,49,55,59,61,69,80H,7-8,15-16,18-23,25-33,38-39,41-43H2,1-4H3,(H,68,71)(H,72,79)/t45?,49-,55+,59+,61+,66?/m1/s1. The van der Waals surface area contributed by atoms with Crippen molar-refractivity contribution in [2.45, 2.75) is 139 Å². The highest BCUT2D eigenvalue weighted by Gasteiger charge is 2.46. The fraction of sp³-hybridized carbons (Fsp3) is 0.537. The lowest BCUT2D eigenvalue weighted by atomic mass is 9.66. The van der Waals surface area contributed by atoms with Crippen molar-refractivity contribution in [3.8, 4) is 11.6 Å². The van der Waals surface area contributed by atoms with E-state index in [-0.39, 0.29) is 34.7 Å². The number of fused-ring (bicyclic) bond motifs is 3. The summed E-state index contributed by atoms with van der Waals surface area (Å²) in [5.41, 5.74) is 5.94. The molecular weight excluding hydrogens is 1150 g/mol. The van der Waals surface area contributed by atoms with E-state index in [0.29, 0.717) is 87.1 Å². The number of aromatic amines is 1. The molecule has 0 unspecified atom stereocenters. The van der Waals surface area contributed by atoms with Crippen molar-refractivity contribution < 1.29 is 42.2 Å². The van der Waals surface area contributed by atoms with Crippen molar-refractivity contribution in [1.29, 1.82) is 0 Å². The Balaban J connectivity index is 0.759. The quantitative estimate of drug-likeness (QED) is 0.0521. The molecule has 21 nitrogen and oxygen atoms in total. The number of H-pyrrole nitrogens is 1. The van der Waals surface area contributed by atoms with Gasteiger partial charge in [-0.2, -0.15) is 4.98 Å². The first-order valence-corrected chi connectivity index (χ1v) is 33.6. The smallest absolute Gasteiger partial charge is 0.293 e.